The first-order valence-electron chi connectivity index (χ1n) is 5.65. The molecule has 0 heterocycles. The maximum atomic E-state index is 12.1. The molecule has 0 saturated heterocycles. The summed E-state index contributed by atoms with van der Waals surface area (Å²) in [7, 11) is 0. The molecule has 0 N–H and O–H groups in total. The van der Waals surface area contributed by atoms with E-state index in [1.54, 1.807) is 0 Å². The summed E-state index contributed by atoms with van der Waals surface area (Å²) in [4.78, 5) is 0. The standard InChI is InChI=1S/C9H8F12O4/c10-5(11,12)1-22-9(23-2-6(13,14)15,24-3-7(16,17)18)25-4-8(19,20)21/h1-4H2. The summed E-state index contributed by atoms with van der Waals surface area (Å²) in [6.45, 7) is -10.5. The van der Waals surface area contributed by atoms with Gasteiger partial charge >= 0.3 is 30.9 Å². The molecule has 0 aromatic rings. The highest BCUT2D eigenvalue weighted by molar-refractivity contribution is 4.58. The molecule has 16 heteroatoms. The topological polar surface area (TPSA) is 36.9 Å². The van der Waals surface area contributed by atoms with E-state index in [9.17, 15) is 52.7 Å². The third kappa shape index (κ3) is 13.9. The van der Waals surface area contributed by atoms with Crippen molar-refractivity contribution in [1.29, 1.82) is 0 Å². The van der Waals surface area contributed by atoms with Gasteiger partial charge in [0, 0.05) is 0 Å². The van der Waals surface area contributed by atoms with Gasteiger partial charge in [-0.05, 0) is 0 Å². The van der Waals surface area contributed by atoms with Gasteiger partial charge in [0.25, 0.3) is 0 Å². The summed E-state index contributed by atoms with van der Waals surface area (Å²) in [5.41, 5.74) is 0. The Balaban J connectivity index is 5.41. The van der Waals surface area contributed by atoms with Gasteiger partial charge in [-0.15, -0.1) is 0 Å². The molecule has 0 unspecified atom stereocenters. The van der Waals surface area contributed by atoms with Crippen LogP contribution in [0.25, 0.3) is 0 Å². The first-order valence-corrected chi connectivity index (χ1v) is 5.65. The first kappa shape index (κ1) is 24.0. The molecule has 0 amide bonds. The average Bonchev–Trinajstić information content (AvgIpc) is 2.33. The summed E-state index contributed by atoms with van der Waals surface area (Å²) < 4.78 is 159. The Kier molecular flexibility index (Phi) is 7.81. The summed E-state index contributed by atoms with van der Waals surface area (Å²) in [5.74, 6) is 0. The Hall–Kier alpha value is -1.00. The molecule has 152 valence electrons. The van der Waals surface area contributed by atoms with Gasteiger partial charge in [0.2, 0.25) is 0 Å². The fourth-order valence-electron chi connectivity index (χ4n) is 0.931. The molecule has 0 aliphatic carbocycles. The molecule has 0 atom stereocenters. The van der Waals surface area contributed by atoms with E-state index in [-0.39, 0.29) is 0 Å². The average molecular weight is 408 g/mol. The van der Waals surface area contributed by atoms with Crippen LogP contribution in [-0.2, 0) is 18.9 Å². The molecule has 4 nitrogen and oxygen atoms in total. The van der Waals surface area contributed by atoms with Crippen molar-refractivity contribution in [2.45, 2.75) is 30.9 Å². The maximum absolute atomic E-state index is 12.1. The lowest BCUT2D eigenvalue weighted by Gasteiger charge is -2.33. The highest BCUT2D eigenvalue weighted by Crippen LogP contribution is 2.30. The normalized spacial score (nSPS) is 14.9. The smallest absolute Gasteiger partial charge is 0.294 e. The highest BCUT2D eigenvalue weighted by Gasteiger charge is 2.48. The van der Waals surface area contributed by atoms with E-state index in [0.717, 1.165) is 0 Å². The van der Waals surface area contributed by atoms with Crippen molar-refractivity contribution in [2.75, 3.05) is 26.4 Å². The lowest BCUT2D eigenvalue weighted by Crippen LogP contribution is -2.49. The molecule has 0 saturated carbocycles. The van der Waals surface area contributed by atoms with Crippen LogP contribution < -0.4 is 0 Å². The Labute approximate surface area is 130 Å². The maximum Gasteiger partial charge on any atom is 0.413 e. The Bertz CT molecular complexity index is 318. The zero-order valence-corrected chi connectivity index (χ0v) is 11.5. The van der Waals surface area contributed by atoms with Crippen molar-refractivity contribution in [3.8, 4) is 0 Å². The van der Waals surface area contributed by atoms with Gasteiger partial charge in [-0.2, -0.15) is 52.7 Å². The van der Waals surface area contributed by atoms with Crippen LogP contribution in [0.5, 0.6) is 0 Å². The minimum atomic E-state index is -5.37. The number of hydrogen-bond acceptors (Lipinski definition) is 4. The highest BCUT2D eigenvalue weighted by atomic mass is 19.4. The second kappa shape index (κ2) is 8.13. The van der Waals surface area contributed by atoms with E-state index in [2.05, 4.69) is 18.9 Å². The number of alkyl halides is 12. The minimum Gasteiger partial charge on any atom is -0.294 e. The summed E-state index contributed by atoms with van der Waals surface area (Å²) in [6, 6.07) is 0. The zero-order valence-electron chi connectivity index (χ0n) is 11.5. The third-order valence-corrected chi connectivity index (χ3v) is 1.65. The van der Waals surface area contributed by atoms with Gasteiger partial charge in [0.05, 0.1) is 0 Å². The van der Waals surface area contributed by atoms with E-state index >= 15 is 0 Å². The van der Waals surface area contributed by atoms with Gasteiger partial charge in [-0.25, -0.2) is 0 Å². The quantitative estimate of drug-likeness (QED) is 0.451. The van der Waals surface area contributed by atoms with Crippen molar-refractivity contribution in [3.63, 3.8) is 0 Å². The molecule has 0 rings (SSSR count). The van der Waals surface area contributed by atoms with Gasteiger partial charge in [0.1, 0.15) is 0 Å². The molecule has 0 aliphatic heterocycles. The fraction of sp³-hybridized carbons (Fsp3) is 1.00. The summed E-state index contributed by atoms with van der Waals surface area (Å²) in [6.07, 6.45) is -25.8. The number of hydrogen-bond donors (Lipinski definition) is 0. The number of rotatable bonds is 8. The first-order chi connectivity index (χ1) is 10.8. The van der Waals surface area contributed by atoms with E-state index < -0.39 is 57.3 Å². The van der Waals surface area contributed by atoms with E-state index in [1.165, 1.54) is 0 Å². The second-order valence-electron chi connectivity index (χ2n) is 4.12. The second-order valence-corrected chi connectivity index (χ2v) is 4.12. The van der Waals surface area contributed by atoms with E-state index in [4.69, 9.17) is 0 Å². The molecule has 0 fully saturated rings. The lowest BCUT2D eigenvalue weighted by atomic mass is 10.6. The monoisotopic (exact) mass is 408 g/mol. The Morgan fingerprint density at radius 3 is 0.640 bits per heavy atom. The number of ether oxygens (including phenoxy) is 4. The molecule has 0 spiro atoms. The third-order valence-electron chi connectivity index (χ3n) is 1.65. The lowest BCUT2D eigenvalue weighted by molar-refractivity contribution is -0.528. The van der Waals surface area contributed by atoms with Crippen LogP contribution in [0.2, 0.25) is 0 Å². The van der Waals surface area contributed by atoms with E-state index in [0.29, 0.717) is 0 Å². The Morgan fingerprint density at radius 2 is 0.520 bits per heavy atom. The Morgan fingerprint density at radius 1 is 0.360 bits per heavy atom. The van der Waals surface area contributed by atoms with Crippen molar-refractivity contribution in [2.24, 2.45) is 0 Å². The van der Waals surface area contributed by atoms with Crippen molar-refractivity contribution in [3.05, 3.63) is 0 Å². The van der Waals surface area contributed by atoms with Crippen molar-refractivity contribution < 1.29 is 71.6 Å². The van der Waals surface area contributed by atoms with Crippen LogP contribution in [0.3, 0.4) is 0 Å². The van der Waals surface area contributed by atoms with Crippen LogP contribution in [-0.4, -0.2) is 57.3 Å². The van der Waals surface area contributed by atoms with Crippen LogP contribution >= 0.6 is 0 Å². The molecular weight excluding hydrogens is 400 g/mol. The predicted octanol–water partition coefficient (Wildman–Crippen LogP) is 3.91. The van der Waals surface area contributed by atoms with E-state index in [1.807, 2.05) is 0 Å². The van der Waals surface area contributed by atoms with Crippen LogP contribution in [0, 0.1) is 0 Å². The molecule has 0 radical (unpaired) electrons. The minimum absolute atomic E-state index is 2.62. The zero-order chi connectivity index (χ0) is 20.2. The molecule has 25 heavy (non-hydrogen) atoms. The summed E-state index contributed by atoms with van der Waals surface area (Å²) >= 11 is 0. The van der Waals surface area contributed by atoms with Gasteiger partial charge < -0.3 is 0 Å². The van der Waals surface area contributed by atoms with Crippen LogP contribution in [0.1, 0.15) is 0 Å². The summed E-state index contributed by atoms with van der Waals surface area (Å²) in [5, 5.41) is 0. The SMILES string of the molecule is FC(F)(F)COC(OCC(F)(F)F)(OCC(F)(F)F)OCC(F)(F)F. The van der Waals surface area contributed by atoms with Gasteiger partial charge in [-0.3, -0.25) is 18.9 Å². The van der Waals surface area contributed by atoms with Gasteiger partial charge in [-0.1, -0.05) is 0 Å². The molecule has 0 bridgehead atoms. The van der Waals surface area contributed by atoms with Crippen LogP contribution in [0.4, 0.5) is 52.7 Å². The van der Waals surface area contributed by atoms with Gasteiger partial charge in [0.15, 0.2) is 26.4 Å². The number of halogens is 12. The molecular formula is C9H8F12O4. The molecule has 0 aromatic carbocycles. The predicted molar refractivity (Wildman–Crippen MR) is 50.8 cm³/mol. The van der Waals surface area contributed by atoms with Crippen LogP contribution in [0.15, 0.2) is 0 Å². The molecule has 0 aliphatic rings. The fourth-order valence-corrected chi connectivity index (χ4v) is 0.931. The largest absolute Gasteiger partial charge is 0.413 e. The van der Waals surface area contributed by atoms with Crippen molar-refractivity contribution in [1.82, 2.24) is 0 Å². The van der Waals surface area contributed by atoms with Crippen molar-refractivity contribution >= 4 is 0 Å². The molecule has 0 aromatic heterocycles.